The van der Waals surface area contributed by atoms with E-state index in [4.69, 9.17) is 5.73 Å². The topological polar surface area (TPSA) is 38.0 Å². The molecule has 2 aromatic carbocycles. The molecule has 1 atom stereocenters. The Bertz CT molecular complexity index is 446. The second kappa shape index (κ2) is 5.51. The Morgan fingerprint density at radius 1 is 0.941 bits per heavy atom. The van der Waals surface area contributed by atoms with E-state index >= 15 is 0 Å². The van der Waals surface area contributed by atoms with E-state index in [1.807, 2.05) is 13.0 Å². The maximum absolute atomic E-state index is 5.70. The summed E-state index contributed by atoms with van der Waals surface area (Å²) in [4.78, 5) is 0. The first-order chi connectivity index (χ1) is 8.25. The molecule has 3 N–H and O–H groups in total. The Hall–Kier alpha value is -1.80. The van der Waals surface area contributed by atoms with E-state index in [2.05, 4.69) is 53.8 Å². The predicted molar refractivity (Wildman–Crippen MR) is 74.0 cm³/mol. The van der Waals surface area contributed by atoms with Gasteiger partial charge in [-0.2, -0.15) is 0 Å². The number of rotatable bonds is 4. The fourth-order valence-electron chi connectivity index (χ4n) is 1.69. The summed E-state index contributed by atoms with van der Waals surface area (Å²) >= 11 is 0. The Morgan fingerprint density at radius 3 is 2.12 bits per heavy atom. The minimum Gasteiger partial charge on any atom is -0.383 e. The molecule has 0 heterocycles. The quantitative estimate of drug-likeness (QED) is 0.840. The second-order valence-corrected chi connectivity index (χ2v) is 4.30. The summed E-state index contributed by atoms with van der Waals surface area (Å²) in [7, 11) is 0. The predicted octanol–water partition coefficient (Wildman–Crippen LogP) is 3.11. The van der Waals surface area contributed by atoms with Crippen molar-refractivity contribution in [2.24, 2.45) is 5.73 Å². The maximum atomic E-state index is 5.70. The van der Waals surface area contributed by atoms with E-state index < -0.39 is 0 Å². The molecule has 0 radical (unpaired) electrons. The summed E-state index contributed by atoms with van der Waals surface area (Å²) in [5.74, 6) is 0. The second-order valence-electron chi connectivity index (χ2n) is 4.30. The van der Waals surface area contributed by atoms with Gasteiger partial charge in [0.15, 0.2) is 0 Å². The average Bonchev–Trinajstić information content (AvgIpc) is 2.38. The van der Waals surface area contributed by atoms with Crippen LogP contribution >= 0.6 is 0 Å². The van der Waals surface area contributed by atoms with Crippen molar-refractivity contribution in [1.29, 1.82) is 0 Å². The largest absolute Gasteiger partial charge is 0.383 e. The molecule has 0 aliphatic rings. The Labute approximate surface area is 102 Å². The highest BCUT2D eigenvalue weighted by molar-refractivity contribution is 5.65. The molecule has 2 aromatic rings. The van der Waals surface area contributed by atoms with Crippen molar-refractivity contribution in [3.8, 4) is 11.1 Å². The van der Waals surface area contributed by atoms with E-state index in [9.17, 15) is 0 Å². The molecule has 2 rings (SSSR count). The SMILES string of the molecule is CC(N)CNc1ccc(-c2ccccc2)cc1. The smallest absolute Gasteiger partial charge is 0.0341 e. The molecule has 0 amide bonds. The van der Waals surface area contributed by atoms with Crippen LogP contribution in [-0.2, 0) is 0 Å². The van der Waals surface area contributed by atoms with Crippen molar-refractivity contribution in [3.63, 3.8) is 0 Å². The summed E-state index contributed by atoms with van der Waals surface area (Å²) in [6, 6.07) is 19.0. The van der Waals surface area contributed by atoms with Crippen molar-refractivity contribution in [2.45, 2.75) is 13.0 Å². The molecule has 17 heavy (non-hydrogen) atoms. The lowest BCUT2D eigenvalue weighted by Gasteiger charge is -2.09. The lowest BCUT2D eigenvalue weighted by Crippen LogP contribution is -2.25. The van der Waals surface area contributed by atoms with E-state index in [0.29, 0.717) is 0 Å². The molecule has 1 unspecified atom stereocenters. The zero-order chi connectivity index (χ0) is 12.1. The van der Waals surface area contributed by atoms with Crippen LogP contribution in [0.2, 0.25) is 0 Å². The van der Waals surface area contributed by atoms with Gasteiger partial charge < -0.3 is 11.1 Å². The molecule has 88 valence electrons. The number of anilines is 1. The molecular weight excluding hydrogens is 208 g/mol. The molecule has 0 fully saturated rings. The van der Waals surface area contributed by atoms with Crippen LogP contribution in [0.5, 0.6) is 0 Å². The highest BCUT2D eigenvalue weighted by atomic mass is 14.9. The summed E-state index contributed by atoms with van der Waals surface area (Å²) in [5, 5.41) is 3.30. The molecule has 0 saturated heterocycles. The van der Waals surface area contributed by atoms with Gasteiger partial charge in [0.25, 0.3) is 0 Å². The molecule has 2 nitrogen and oxygen atoms in total. The zero-order valence-electron chi connectivity index (χ0n) is 10.1. The molecule has 0 saturated carbocycles. The van der Waals surface area contributed by atoms with Crippen LogP contribution in [0.1, 0.15) is 6.92 Å². The van der Waals surface area contributed by atoms with Crippen molar-refractivity contribution >= 4 is 5.69 Å². The van der Waals surface area contributed by atoms with Gasteiger partial charge in [-0.25, -0.2) is 0 Å². The zero-order valence-corrected chi connectivity index (χ0v) is 10.1. The van der Waals surface area contributed by atoms with Gasteiger partial charge in [-0.05, 0) is 30.2 Å². The van der Waals surface area contributed by atoms with Crippen molar-refractivity contribution in [1.82, 2.24) is 0 Å². The number of benzene rings is 2. The standard InChI is InChI=1S/C15H18N2/c1-12(16)11-17-15-9-7-14(8-10-15)13-5-3-2-4-6-13/h2-10,12,17H,11,16H2,1H3. The molecule has 0 bridgehead atoms. The number of nitrogens with two attached hydrogens (primary N) is 1. The summed E-state index contributed by atoms with van der Waals surface area (Å²) in [6.07, 6.45) is 0. The number of nitrogens with one attached hydrogen (secondary N) is 1. The van der Waals surface area contributed by atoms with Crippen molar-refractivity contribution in [3.05, 3.63) is 54.6 Å². The van der Waals surface area contributed by atoms with Gasteiger partial charge in [0.2, 0.25) is 0 Å². The highest BCUT2D eigenvalue weighted by Crippen LogP contribution is 2.20. The van der Waals surface area contributed by atoms with Crippen LogP contribution in [0.25, 0.3) is 11.1 Å². The van der Waals surface area contributed by atoms with Gasteiger partial charge in [0.05, 0.1) is 0 Å². The molecule has 0 aliphatic heterocycles. The number of hydrogen-bond donors (Lipinski definition) is 2. The van der Waals surface area contributed by atoms with Gasteiger partial charge in [-0.1, -0.05) is 42.5 Å². The fourth-order valence-corrected chi connectivity index (χ4v) is 1.69. The van der Waals surface area contributed by atoms with Gasteiger partial charge in [-0.15, -0.1) is 0 Å². The summed E-state index contributed by atoms with van der Waals surface area (Å²) in [5.41, 5.74) is 9.29. The fraction of sp³-hybridized carbons (Fsp3) is 0.200. The van der Waals surface area contributed by atoms with Crippen LogP contribution in [0.4, 0.5) is 5.69 Å². The lowest BCUT2D eigenvalue weighted by molar-refractivity contribution is 0.780. The van der Waals surface area contributed by atoms with Crippen LogP contribution in [0, 0.1) is 0 Å². The third-order valence-electron chi connectivity index (χ3n) is 2.62. The van der Waals surface area contributed by atoms with Gasteiger partial charge in [0, 0.05) is 18.3 Å². The first-order valence-corrected chi connectivity index (χ1v) is 5.90. The minimum atomic E-state index is 0.170. The number of hydrogen-bond acceptors (Lipinski definition) is 2. The third-order valence-corrected chi connectivity index (χ3v) is 2.62. The molecule has 0 aromatic heterocycles. The van der Waals surface area contributed by atoms with E-state index in [1.165, 1.54) is 11.1 Å². The van der Waals surface area contributed by atoms with E-state index in [-0.39, 0.29) is 6.04 Å². The highest BCUT2D eigenvalue weighted by Gasteiger charge is 1.98. The Kier molecular flexibility index (Phi) is 3.78. The van der Waals surface area contributed by atoms with Crippen LogP contribution in [0.3, 0.4) is 0 Å². The summed E-state index contributed by atoms with van der Waals surface area (Å²) < 4.78 is 0. The monoisotopic (exact) mass is 226 g/mol. The Morgan fingerprint density at radius 2 is 1.53 bits per heavy atom. The molecule has 2 heteroatoms. The third kappa shape index (κ3) is 3.33. The van der Waals surface area contributed by atoms with E-state index in [0.717, 1.165) is 12.2 Å². The van der Waals surface area contributed by atoms with Gasteiger partial charge in [0.1, 0.15) is 0 Å². The van der Waals surface area contributed by atoms with Crippen molar-refractivity contribution in [2.75, 3.05) is 11.9 Å². The van der Waals surface area contributed by atoms with Gasteiger partial charge >= 0.3 is 0 Å². The Balaban J connectivity index is 2.08. The van der Waals surface area contributed by atoms with Crippen LogP contribution < -0.4 is 11.1 Å². The molecular formula is C15H18N2. The van der Waals surface area contributed by atoms with Crippen LogP contribution in [0.15, 0.2) is 54.6 Å². The first kappa shape index (κ1) is 11.7. The first-order valence-electron chi connectivity index (χ1n) is 5.90. The minimum absolute atomic E-state index is 0.170. The van der Waals surface area contributed by atoms with Gasteiger partial charge in [-0.3, -0.25) is 0 Å². The maximum Gasteiger partial charge on any atom is 0.0341 e. The van der Waals surface area contributed by atoms with Crippen LogP contribution in [-0.4, -0.2) is 12.6 Å². The lowest BCUT2D eigenvalue weighted by atomic mass is 10.1. The van der Waals surface area contributed by atoms with E-state index in [1.54, 1.807) is 0 Å². The molecule has 0 aliphatic carbocycles. The summed E-state index contributed by atoms with van der Waals surface area (Å²) in [6.45, 7) is 2.79. The van der Waals surface area contributed by atoms with Crippen molar-refractivity contribution < 1.29 is 0 Å². The molecule has 0 spiro atoms. The average molecular weight is 226 g/mol. The normalized spacial score (nSPS) is 12.1.